The van der Waals surface area contributed by atoms with E-state index in [0.29, 0.717) is 22.4 Å². The highest BCUT2D eigenvalue weighted by atomic mass is 32.2. The standard InChI is InChI=1S/C14H13N3O3S/c1-8-6-11(18)9(7-15-8)14-16-10-4-3-5-12(13(10)17-14)21(2,19)20/h3-7H,1-2H3,(H,15,18)(H,16,17). The van der Waals surface area contributed by atoms with Crippen molar-refractivity contribution >= 4 is 20.9 Å². The first-order valence-electron chi connectivity index (χ1n) is 6.25. The topological polar surface area (TPSA) is 95.7 Å². The molecule has 0 amide bonds. The number of nitrogens with one attached hydrogen (secondary N) is 2. The maximum absolute atomic E-state index is 12.0. The van der Waals surface area contributed by atoms with Gasteiger partial charge in [-0.2, -0.15) is 0 Å². The number of aromatic amines is 2. The normalized spacial score (nSPS) is 11.9. The van der Waals surface area contributed by atoms with Gasteiger partial charge in [-0.25, -0.2) is 13.4 Å². The van der Waals surface area contributed by atoms with Gasteiger partial charge in [0.05, 0.1) is 16.0 Å². The molecule has 0 aliphatic rings. The predicted molar refractivity (Wildman–Crippen MR) is 80.0 cm³/mol. The fourth-order valence-corrected chi connectivity index (χ4v) is 3.02. The molecule has 108 valence electrons. The number of pyridine rings is 1. The highest BCUT2D eigenvalue weighted by molar-refractivity contribution is 7.91. The second kappa shape index (κ2) is 4.56. The molecule has 0 bridgehead atoms. The van der Waals surface area contributed by atoms with Crippen molar-refractivity contribution in [3.8, 4) is 11.4 Å². The van der Waals surface area contributed by atoms with Crippen LogP contribution in [0.15, 0.2) is 40.2 Å². The number of benzene rings is 1. The summed E-state index contributed by atoms with van der Waals surface area (Å²) in [5.41, 5.74) is 1.86. The molecule has 0 saturated heterocycles. The first kappa shape index (κ1) is 13.6. The summed E-state index contributed by atoms with van der Waals surface area (Å²) < 4.78 is 23.6. The van der Waals surface area contributed by atoms with E-state index in [1.54, 1.807) is 25.3 Å². The molecule has 0 atom stereocenters. The molecule has 2 heterocycles. The van der Waals surface area contributed by atoms with Crippen molar-refractivity contribution in [2.45, 2.75) is 11.8 Å². The van der Waals surface area contributed by atoms with Crippen LogP contribution < -0.4 is 5.43 Å². The predicted octanol–water partition coefficient (Wildman–Crippen LogP) is 1.63. The SMILES string of the molecule is Cc1cc(=O)c(-c2nc3c(S(C)(=O)=O)cccc3[nH]2)c[nH]1. The maximum Gasteiger partial charge on any atom is 0.192 e. The van der Waals surface area contributed by atoms with Gasteiger partial charge in [0.1, 0.15) is 11.3 Å². The Hall–Kier alpha value is -2.41. The Balaban J connectivity index is 2.30. The number of imidazole rings is 1. The number of fused-ring (bicyclic) bond motifs is 1. The van der Waals surface area contributed by atoms with E-state index in [1.165, 1.54) is 12.1 Å². The van der Waals surface area contributed by atoms with Crippen LogP contribution >= 0.6 is 0 Å². The number of hydrogen-bond acceptors (Lipinski definition) is 4. The molecule has 2 aromatic heterocycles. The zero-order valence-electron chi connectivity index (χ0n) is 11.5. The third-order valence-electron chi connectivity index (χ3n) is 3.19. The van der Waals surface area contributed by atoms with Crippen molar-refractivity contribution < 1.29 is 8.42 Å². The van der Waals surface area contributed by atoms with E-state index in [9.17, 15) is 13.2 Å². The van der Waals surface area contributed by atoms with Gasteiger partial charge in [0.15, 0.2) is 15.3 Å². The van der Waals surface area contributed by atoms with Crippen molar-refractivity contribution in [1.29, 1.82) is 0 Å². The molecule has 0 aliphatic carbocycles. The summed E-state index contributed by atoms with van der Waals surface area (Å²) in [5, 5.41) is 0. The molecule has 6 nitrogen and oxygen atoms in total. The van der Waals surface area contributed by atoms with Gasteiger partial charge in [0.2, 0.25) is 0 Å². The van der Waals surface area contributed by atoms with Gasteiger partial charge in [0.25, 0.3) is 0 Å². The number of aromatic nitrogens is 3. The molecule has 0 radical (unpaired) electrons. The molecule has 3 rings (SSSR count). The Bertz CT molecular complexity index is 1000. The summed E-state index contributed by atoms with van der Waals surface area (Å²) in [7, 11) is -3.38. The Morgan fingerprint density at radius 3 is 2.67 bits per heavy atom. The second-order valence-electron chi connectivity index (χ2n) is 4.90. The number of hydrogen-bond donors (Lipinski definition) is 2. The summed E-state index contributed by atoms with van der Waals surface area (Å²) in [6.45, 7) is 1.78. The quantitative estimate of drug-likeness (QED) is 0.752. The van der Waals surface area contributed by atoms with Gasteiger partial charge >= 0.3 is 0 Å². The van der Waals surface area contributed by atoms with Crippen LogP contribution in [0.5, 0.6) is 0 Å². The Morgan fingerprint density at radius 2 is 2.00 bits per heavy atom. The second-order valence-corrected chi connectivity index (χ2v) is 6.89. The van der Waals surface area contributed by atoms with E-state index in [1.807, 2.05) is 0 Å². The Labute approximate surface area is 120 Å². The largest absolute Gasteiger partial charge is 0.364 e. The lowest BCUT2D eigenvalue weighted by Gasteiger charge is -1.97. The van der Waals surface area contributed by atoms with E-state index in [0.717, 1.165) is 11.9 Å². The van der Waals surface area contributed by atoms with Crippen molar-refractivity contribution in [3.05, 3.63) is 46.4 Å². The van der Waals surface area contributed by atoms with Crippen LogP contribution in [0.2, 0.25) is 0 Å². The van der Waals surface area contributed by atoms with Crippen LogP contribution in [0, 0.1) is 6.92 Å². The van der Waals surface area contributed by atoms with Gasteiger partial charge in [-0.15, -0.1) is 0 Å². The summed E-state index contributed by atoms with van der Waals surface area (Å²) in [6.07, 6.45) is 2.70. The summed E-state index contributed by atoms with van der Waals surface area (Å²) in [4.78, 5) is 22.4. The first-order chi connectivity index (χ1) is 9.86. The van der Waals surface area contributed by atoms with Crippen LogP contribution in [0.1, 0.15) is 5.69 Å². The molecule has 7 heteroatoms. The number of rotatable bonds is 2. The third kappa shape index (κ3) is 2.36. The lowest BCUT2D eigenvalue weighted by Crippen LogP contribution is -2.05. The van der Waals surface area contributed by atoms with Gasteiger partial charge in [-0.1, -0.05) is 6.07 Å². The van der Waals surface area contributed by atoms with E-state index < -0.39 is 9.84 Å². The lowest BCUT2D eigenvalue weighted by molar-refractivity contribution is 0.602. The van der Waals surface area contributed by atoms with Crippen molar-refractivity contribution in [3.63, 3.8) is 0 Å². The van der Waals surface area contributed by atoms with E-state index in [-0.39, 0.29) is 10.3 Å². The van der Waals surface area contributed by atoms with Crippen LogP contribution in [0.3, 0.4) is 0 Å². The minimum atomic E-state index is -3.38. The van der Waals surface area contributed by atoms with Gasteiger partial charge in [0, 0.05) is 24.2 Å². The molecular weight excluding hydrogens is 290 g/mol. The minimum Gasteiger partial charge on any atom is -0.364 e. The monoisotopic (exact) mass is 303 g/mol. The summed E-state index contributed by atoms with van der Waals surface area (Å²) >= 11 is 0. The summed E-state index contributed by atoms with van der Waals surface area (Å²) in [6, 6.07) is 6.34. The number of H-pyrrole nitrogens is 2. The molecule has 0 spiro atoms. The van der Waals surface area contributed by atoms with E-state index >= 15 is 0 Å². The zero-order valence-corrected chi connectivity index (χ0v) is 12.3. The van der Waals surface area contributed by atoms with Crippen LogP contribution in [-0.4, -0.2) is 29.6 Å². The molecule has 0 unspecified atom stereocenters. The molecule has 0 aliphatic heterocycles. The molecule has 3 aromatic rings. The average Bonchev–Trinajstić information content (AvgIpc) is 2.80. The number of para-hydroxylation sites is 1. The van der Waals surface area contributed by atoms with Crippen LogP contribution in [-0.2, 0) is 9.84 Å². The van der Waals surface area contributed by atoms with Crippen LogP contribution in [0.25, 0.3) is 22.4 Å². The Morgan fingerprint density at radius 1 is 1.24 bits per heavy atom. The fourth-order valence-electron chi connectivity index (χ4n) is 2.19. The molecule has 0 saturated carbocycles. The van der Waals surface area contributed by atoms with E-state index in [4.69, 9.17) is 0 Å². The fraction of sp³-hybridized carbons (Fsp3) is 0.143. The number of sulfone groups is 1. The molecule has 2 N–H and O–H groups in total. The first-order valence-corrected chi connectivity index (χ1v) is 8.14. The van der Waals surface area contributed by atoms with Crippen molar-refractivity contribution in [2.24, 2.45) is 0 Å². The average molecular weight is 303 g/mol. The number of aryl methyl sites for hydroxylation is 1. The van der Waals surface area contributed by atoms with Gasteiger partial charge < -0.3 is 9.97 Å². The summed E-state index contributed by atoms with van der Waals surface area (Å²) in [5.74, 6) is 0.349. The van der Waals surface area contributed by atoms with Crippen molar-refractivity contribution in [1.82, 2.24) is 15.0 Å². The van der Waals surface area contributed by atoms with Gasteiger partial charge in [-0.3, -0.25) is 4.79 Å². The maximum atomic E-state index is 12.0. The van der Waals surface area contributed by atoms with Crippen molar-refractivity contribution in [2.75, 3.05) is 6.26 Å². The molecule has 21 heavy (non-hydrogen) atoms. The molecular formula is C14H13N3O3S. The smallest absolute Gasteiger partial charge is 0.192 e. The van der Waals surface area contributed by atoms with Gasteiger partial charge in [-0.05, 0) is 19.1 Å². The zero-order chi connectivity index (χ0) is 15.2. The lowest BCUT2D eigenvalue weighted by atomic mass is 10.2. The highest BCUT2D eigenvalue weighted by Gasteiger charge is 2.16. The molecule has 1 aromatic carbocycles. The Kier molecular flexibility index (Phi) is 2.94. The van der Waals surface area contributed by atoms with Crippen LogP contribution in [0.4, 0.5) is 0 Å². The number of nitrogens with zero attached hydrogens (tertiary/aromatic N) is 1. The minimum absolute atomic E-state index is 0.144. The molecule has 0 fully saturated rings. The van der Waals surface area contributed by atoms with E-state index in [2.05, 4.69) is 15.0 Å². The highest BCUT2D eigenvalue weighted by Crippen LogP contribution is 2.23. The third-order valence-corrected chi connectivity index (χ3v) is 4.32.